The van der Waals surface area contributed by atoms with Gasteiger partial charge in [-0.05, 0) is 23.1 Å². The van der Waals surface area contributed by atoms with Crippen LogP contribution in [0.25, 0.3) is 0 Å². The molecule has 25 heavy (non-hydrogen) atoms. The van der Waals surface area contributed by atoms with E-state index in [2.05, 4.69) is 43.1 Å². The van der Waals surface area contributed by atoms with Crippen molar-refractivity contribution in [1.29, 1.82) is 0 Å². The molecule has 1 saturated heterocycles. The van der Waals surface area contributed by atoms with Crippen molar-refractivity contribution in [2.45, 2.75) is 26.8 Å². The number of methoxy groups -OCH3 is 3. The van der Waals surface area contributed by atoms with E-state index in [-0.39, 0.29) is 30.2 Å². The van der Waals surface area contributed by atoms with E-state index in [4.69, 9.17) is 14.2 Å². The number of halogens is 2. The predicted molar refractivity (Wildman–Crippen MR) is 107 cm³/mol. The molecule has 5 nitrogen and oxygen atoms in total. The maximum absolute atomic E-state index is 5.53. The Morgan fingerprint density at radius 3 is 1.76 bits per heavy atom. The lowest BCUT2D eigenvalue weighted by atomic mass is 9.80. The molecule has 0 radical (unpaired) electrons. The first-order valence-electron chi connectivity index (χ1n) is 8.17. The Morgan fingerprint density at radius 1 is 0.920 bits per heavy atom. The first-order chi connectivity index (χ1) is 10.9. The SMILES string of the molecule is COc1cc([C@@H](N2CCNCC2)C(C)(C)C)cc(OC)c1OC.Cl.Cl. The highest BCUT2D eigenvalue weighted by atomic mass is 35.5. The van der Waals surface area contributed by atoms with Crippen LogP contribution >= 0.6 is 24.8 Å². The summed E-state index contributed by atoms with van der Waals surface area (Å²) in [6.45, 7) is 11.0. The molecule has 1 fully saturated rings. The number of nitrogens with one attached hydrogen (secondary N) is 1. The van der Waals surface area contributed by atoms with Crippen molar-refractivity contribution < 1.29 is 14.2 Å². The summed E-state index contributed by atoms with van der Waals surface area (Å²) >= 11 is 0. The van der Waals surface area contributed by atoms with E-state index in [0.717, 1.165) is 26.2 Å². The normalized spacial score (nSPS) is 16.2. The van der Waals surface area contributed by atoms with Gasteiger partial charge in [0.2, 0.25) is 5.75 Å². The predicted octanol–water partition coefficient (Wildman–Crippen LogP) is 3.55. The summed E-state index contributed by atoms with van der Waals surface area (Å²) in [6, 6.07) is 4.46. The van der Waals surface area contributed by atoms with Gasteiger partial charge in [0, 0.05) is 32.2 Å². The molecule has 0 aliphatic carbocycles. The third-order valence-electron chi connectivity index (χ3n) is 4.34. The van der Waals surface area contributed by atoms with Gasteiger partial charge in [-0.3, -0.25) is 4.90 Å². The van der Waals surface area contributed by atoms with E-state index in [1.165, 1.54) is 5.56 Å². The summed E-state index contributed by atoms with van der Waals surface area (Å²) in [5, 5.41) is 3.42. The molecule has 7 heteroatoms. The van der Waals surface area contributed by atoms with E-state index in [1.54, 1.807) is 21.3 Å². The lowest BCUT2D eigenvalue weighted by Gasteiger charge is -2.42. The Kier molecular flexibility index (Phi) is 9.95. The average molecular weight is 395 g/mol. The zero-order valence-corrected chi connectivity index (χ0v) is 17.7. The maximum atomic E-state index is 5.53. The van der Waals surface area contributed by atoms with Crippen molar-refractivity contribution in [2.75, 3.05) is 47.5 Å². The number of nitrogens with zero attached hydrogens (tertiary/aromatic N) is 1. The molecule has 0 spiro atoms. The highest BCUT2D eigenvalue weighted by Gasteiger charge is 2.34. The van der Waals surface area contributed by atoms with Crippen molar-refractivity contribution in [3.05, 3.63) is 17.7 Å². The zero-order chi connectivity index (χ0) is 17.0. The number of hydrogen-bond donors (Lipinski definition) is 1. The molecule has 1 aromatic carbocycles. The van der Waals surface area contributed by atoms with Gasteiger partial charge in [0.25, 0.3) is 0 Å². The van der Waals surface area contributed by atoms with Crippen molar-refractivity contribution in [1.82, 2.24) is 10.2 Å². The number of ether oxygens (including phenoxy) is 3. The van der Waals surface area contributed by atoms with Crippen LogP contribution in [0.2, 0.25) is 0 Å². The van der Waals surface area contributed by atoms with Crippen LogP contribution in [0.15, 0.2) is 12.1 Å². The van der Waals surface area contributed by atoms with Crippen LogP contribution in [0, 0.1) is 5.41 Å². The third-order valence-corrected chi connectivity index (χ3v) is 4.34. The molecule has 0 bridgehead atoms. The van der Waals surface area contributed by atoms with Crippen molar-refractivity contribution in [3.8, 4) is 17.2 Å². The van der Waals surface area contributed by atoms with E-state index in [1.807, 2.05) is 0 Å². The van der Waals surface area contributed by atoms with Gasteiger partial charge in [0.15, 0.2) is 11.5 Å². The van der Waals surface area contributed by atoms with Crippen LogP contribution in [0.5, 0.6) is 17.2 Å². The van der Waals surface area contributed by atoms with Gasteiger partial charge < -0.3 is 19.5 Å². The molecular formula is C18H32Cl2N2O3. The molecule has 146 valence electrons. The topological polar surface area (TPSA) is 43.0 Å². The quantitative estimate of drug-likeness (QED) is 0.826. The van der Waals surface area contributed by atoms with Crippen LogP contribution in [0.3, 0.4) is 0 Å². The molecule has 1 N–H and O–H groups in total. The second kappa shape index (κ2) is 10.3. The van der Waals surface area contributed by atoms with Gasteiger partial charge in [-0.2, -0.15) is 0 Å². The highest BCUT2D eigenvalue weighted by Crippen LogP contribution is 2.45. The lowest BCUT2D eigenvalue weighted by molar-refractivity contribution is 0.0858. The minimum absolute atomic E-state index is 0. The largest absolute Gasteiger partial charge is 0.493 e. The van der Waals surface area contributed by atoms with Gasteiger partial charge in [-0.25, -0.2) is 0 Å². The molecule has 1 heterocycles. The zero-order valence-electron chi connectivity index (χ0n) is 16.0. The molecule has 0 unspecified atom stereocenters. The Morgan fingerprint density at radius 2 is 1.40 bits per heavy atom. The van der Waals surface area contributed by atoms with E-state index in [9.17, 15) is 0 Å². The molecule has 0 saturated carbocycles. The first-order valence-corrected chi connectivity index (χ1v) is 8.17. The number of hydrogen-bond acceptors (Lipinski definition) is 5. The molecule has 1 atom stereocenters. The van der Waals surface area contributed by atoms with Gasteiger partial charge in [0.05, 0.1) is 21.3 Å². The Labute approximate surface area is 164 Å². The minimum Gasteiger partial charge on any atom is -0.493 e. The summed E-state index contributed by atoms with van der Waals surface area (Å²) < 4.78 is 16.5. The van der Waals surface area contributed by atoms with Crippen LogP contribution in [0.1, 0.15) is 32.4 Å². The highest BCUT2D eigenvalue weighted by molar-refractivity contribution is 5.85. The van der Waals surface area contributed by atoms with Crippen LogP contribution in [-0.2, 0) is 0 Å². The Hall–Kier alpha value is -0.880. The van der Waals surface area contributed by atoms with Crippen LogP contribution in [0.4, 0.5) is 0 Å². The molecule has 1 aliphatic heterocycles. The number of benzene rings is 1. The molecular weight excluding hydrogens is 363 g/mol. The molecule has 2 rings (SSSR count). The second-order valence-corrected chi connectivity index (χ2v) is 7.01. The van der Waals surface area contributed by atoms with Gasteiger partial charge in [0.1, 0.15) is 0 Å². The molecule has 0 amide bonds. The smallest absolute Gasteiger partial charge is 0.203 e. The van der Waals surface area contributed by atoms with E-state index in [0.29, 0.717) is 23.3 Å². The minimum atomic E-state index is 0. The maximum Gasteiger partial charge on any atom is 0.203 e. The lowest BCUT2D eigenvalue weighted by Crippen LogP contribution is -2.48. The summed E-state index contributed by atoms with van der Waals surface area (Å²) in [7, 11) is 4.97. The molecule has 1 aromatic rings. The fraction of sp³-hybridized carbons (Fsp3) is 0.667. The Balaban J connectivity index is 0.00000288. The summed E-state index contributed by atoms with van der Waals surface area (Å²) in [5.41, 5.74) is 1.30. The molecule has 1 aliphatic rings. The number of piperazine rings is 1. The Bertz CT molecular complexity index is 505. The summed E-state index contributed by atoms with van der Waals surface area (Å²) in [4.78, 5) is 2.54. The van der Waals surface area contributed by atoms with Crippen molar-refractivity contribution in [2.24, 2.45) is 5.41 Å². The summed E-state index contributed by atoms with van der Waals surface area (Å²) in [5.74, 6) is 2.07. The van der Waals surface area contributed by atoms with Crippen molar-refractivity contribution >= 4 is 24.8 Å². The summed E-state index contributed by atoms with van der Waals surface area (Å²) in [6.07, 6.45) is 0. The van der Waals surface area contributed by atoms with Crippen LogP contribution in [-0.4, -0.2) is 52.4 Å². The third kappa shape index (κ3) is 5.55. The van der Waals surface area contributed by atoms with Gasteiger partial charge in [-0.1, -0.05) is 20.8 Å². The van der Waals surface area contributed by atoms with Crippen LogP contribution < -0.4 is 19.5 Å². The van der Waals surface area contributed by atoms with E-state index >= 15 is 0 Å². The first kappa shape index (κ1) is 24.1. The fourth-order valence-electron chi connectivity index (χ4n) is 3.46. The second-order valence-electron chi connectivity index (χ2n) is 7.01. The average Bonchev–Trinajstić information content (AvgIpc) is 2.53. The fourth-order valence-corrected chi connectivity index (χ4v) is 3.46. The number of rotatable bonds is 5. The van der Waals surface area contributed by atoms with Crippen molar-refractivity contribution in [3.63, 3.8) is 0 Å². The van der Waals surface area contributed by atoms with Gasteiger partial charge >= 0.3 is 0 Å². The van der Waals surface area contributed by atoms with E-state index < -0.39 is 0 Å². The monoisotopic (exact) mass is 394 g/mol. The van der Waals surface area contributed by atoms with Gasteiger partial charge in [-0.15, -0.1) is 24.8 Å². The standard InChI is InChI=1S/C18H30N2O3.2ClH/c1-18(2,3)17(20-9-7-19-8-10-20)13-11-14(21-4)16(23-6)15(12-13)22-5;;/h11-12,17,19H,7-10H2,1-6H3;2*1H/t17-;;/m1../s1. The molecule has 0 aromatic heterocycles.